The summed E-state index contributed by atoms with van der Waals surface area (Å²) in [6.07, 6.45) is 1.79. The van der Waals surface area contributed by atoms with Crippen LogP contribution in [0.25, 0.3) is 22.0 Å². The lowest BCUT2D eigenvalue weighted by Gasteiger charge is -2.09. The molecule has 0 fully saturated rings. The van der Waals surface area contributed by atoms with Gasteiger partial charge >= 0.3 is 0 Å². The van der Waals surface area contributed by atoms with Gasteiger partial charge in [0.1, 0.15) is 5.69 Å². The standard InChI is InChI=1S/C24H23ClN2OS/c1-3-16-6-11-21-20(15-16)22(17-7-9-18(25)10-8-17)23(27(21)2)24(28)26-13-12-19-5-4-14-29-19/h4-11,14-15H,3,12-13H2,1-2H3,(H,26,28). The highest BCUT2D eigenvalue weighted by atomic mass is 35.5. The Morgan fingerprint density at radius 1 is 1.14 bits per heavy atom. The third kappa shape index (κ3) is 3.96. The molecule has 2 aromatic heterocycles. The molecule has 0 aliphatic carbocycles. The summed E-state index contributed by atoms with van der Waals surface area (Å²) in [5.41, 5.74) is 4.94. The summed E-state index contributed by atoms with van der Waals surface area (Å²) >= 11 is 7.82. The summed E-state index contributed by atoms with van der Waals surface area (Å²) in [7, 11) is 1.96. The number of thiophene rings is 1. The lowest BCUT2D eigenvalue weighted by atomic mass is 9.99. The lowest BCUT2D eigenvalue weighted by Crippen LogP contribution is -2.27. The number of hydrogen-bond donors (Lipinski definition) is 1. The van der Waals surface area contributed by atoms with Gasteiger partial charge in [-0.25, -0.2) is 0 Å². The molecule has 0 saturated heterocycles. The lowest BCUT2D eigenvalue weighted by molar-refractivity contribution is 0.0947. The van der Waals surface area contributed by atoms with E-state index in [1.807, 2.05) is 41.9 Å². The van der Waals surface area contributed by atoms with Gasteiger partial charge in [0.15, 0.2) is 0 Å². The number of aryl methyl sites for hydroxylation is 2. The largest absolute Gasteiger partial charge is 0.350 e. The van der Waals surface area contributed by atoms with Gasteiger partial charge in [0.2, 0.25) is 0 Å². The van der Waals surface area contributed by atoms with Crippen molar-refractivity contribution >= 4 is 39.7 Å². The molecular formula is C24H23ClN2OS. The van der Waals surface area contributed by atoms with Crippen molar-refractivity contribution in [2.75, 3.05) is 6.54 Å². The molecule has 5 heteroatoms. The number of nitrogens with zero attached hydrogens (tertiary/aromatic N) is 1. The average Bonchev–Trinajstić information content (AvgIpc) is 3.34. The summed E-state index contributed by atoms with van der Waals surface area (Å²) < 4.78 is 2.00. The summed E-state index contributed by atoms with van der Waals surface area (Å²) in [6.45, 7) is 2.76. The van der Waals surface area contributed by atoms with Crippen molar-refractivity contribution in [3.05, 3.63) is 81.1 Å². The minimum atomic E-state index is -0.0525. The molecule has 0 aliphatic rings. The average molecular weight is 423 g/mol. The topological polar surface area (TPSA) is 34.0 Å². The minimum absolute atomic E-state index is 0.0525. The molecule has 0 saturated carbocycles. The zero-order valence-electron chi connectivity index (χ0n) is 16.5. The van der Waals surface area contributed by atoms with E-state index in [9.17, 15) is 4.79 Å². The van der Waals surface area contributed by atoms with Crippen LogP contribution < -0.4 is 5.32 Å². The Balaban J connectivity index is 1.76. The van der Waals surface area contributed by atoms with Crippen molar-refractivity contribution in [2.45, 2.75) is 19.8 Å². The summed E-state index contributed by atoms with van der Waals surface area (Å²) in [5.74, 6) is -0.0525. The quantitative estimate of drug-likeness (QED) is 0.400. The van der Waals surface area contributed by atoms with E-state index in [0.29, 0.717) is 17.3 Å². The number of fused-ring (bicyclic) bond motifs is 1. The molecule has 0 unspecified atom stereocenters. The predicted octanol–water partition coefficient (Wildman–Crippen LogP) is 6.10. The molecule has 148 valence electrons. The molecule has 0 spiro atoms. The van der Waals surface area contributed by atoms with Crippen LogP contribution >= 0.6 is 22.9 Å². The maximum absolute atomic E-state index is 13.2. The Bertz CT molecular complexity index is 1140. The van der Waals surface area contributed by atoms with Crippen molar-refractivity contribution in [1.29, 1.82) is 0 Å². The monoisotopic (exact) mass is 422 g/mol. The number of benzene rings is 2. The Hall–Kier alpha value is -2.56. The molecule has 2 aromatic carbocycles. The molecule has 0 atom stereocenters. The second kappa shape index (κ2) is 8.44. The maximum atomic E-state index is 13.2. The zero-order chi connectivity index (χ0) is 20.4. The van der Waals surface area contributed by atoms with E-state index in [2.05, 4.69) is 41.9 Å². The van der Waals surface area contributed by atoms with Crippen LogP contribution in [0.2, 0.25) is 5.02 Å². The number of carbonyl (C=O) groups excluding carboxylic acids is 1. The van der Waals surface area contributed by atoms with Crippen molar-refractivity contribution in [3.63, 3.8) is 0 Å². The fourth-order valence-electron chi connectivity index (χ4n) is 3.72. The molecule has 0 aliphatic heterocycles. The molecule has 1 N–H and O–H groups in total. The van der Waals surface area contributed by atoms with E-state index in [4.69, 9.17) is 11.6 Å². The van der Waals surface area contributed by atoms with Gasteiger partial charge in [-0.05, 0) is 59.7 Å². The molecule has 3 nitrogen and oxygen atoms in total. The number of hydrogen-bond acceptors (Lipinski definition) is 2. The summed E-state index contributed by atoms with van der Waals surface area (Å²) in [5, 5.41) is 6.95. The molecule has 0 bridgehead atoms. The number of carbonyl (C=O) groups is 1. The van der Waals surface area contributed by atoms with E-state index >= 15 is 0 Å². The fourth-order valence-corrected chi connectivity index (χ4v) is 4.56. The van der Waals surface area contributed by atoms with E-state index in [1.165, 1.54) is 10.4 Å². The normalized spacial score (nSPS) is 11.1. The molecule has 2 heterocycles. The van der Waals surface area contributed by atoms with Crippen LogP contribution in [-0.2, 0) is 19.9 Å². The van der Waals surface area contributed by atoms with Gasteiger partial charge < -0.3 is 9.88 Å². The number of nitrogens with one attached hydrogen (secondary N) is 1. The van der Waals surface area contributed by atoms with Crippen LogP contribution in [0.3, 0.4) is 0 Å². The first-order chi connectivity index (χ1) is 14.1. The Labute approximate surface area is 179 Å². The van der Waals surface area contributed by atoms with Gasteiger partial charge in [-0.3, -0.25) is 4.79 Å². The minimum Gasteiger partial charge on any atom is -0.350 e. The summed E-state index contributed by atoms with van der Waals surface area (Å²) in [4.78, 5) is 14.5. The smallest absolute Gasteiger partial charge is 0.268 e. The Kier molecular flexibility index (Phi) is 5.74. The van der Waals surface area contributed by atoms with Gasteiger partial charge in [-0.1, -0.05) is 42.8 Å². The van der Waals surface area contributed by atoms with Gasteiger partial charge in [-0.2, -0.15) is 0 Å². The van der Waals surface area contributed by atoms with E-state index in [-0.39, 0.29) is 5.91 Å². The molecule has 1 amide bonds. The highest BCUT2D eigenvalue weighted by Gasteiger charge is 2.22. The van der Waals surface area contributed by atoms with Crippen molar-refractivity contribution < 1.29 is 4.79 Å². The molecule has 29 heavy (non-hydrogen) atoms. The molecule has 0 radical (unpaired) electrons. The van der Waals surface area contributed by atoms with Crippen LogP contribution in [0, 0.1) is 0 Å². The summed E-state index contributed by atoms with van der Waals surface area (Å²) in [6, 6.07) is 18.3. The van der Waals surface area contributed by atoms with Crippen molar-refractivity contribution in [2.24, 2.45) is 7.05 Å². The first-order valence-electron chi connectivity index (χ1n) is 9.76. The maximum Gasteiger partial charge on any atom is 0.268 e. The third-order valence-corrected chi connectivity index (χ3v) is 6.45. The van der Waals surface area contributed by atoms with Crippen molar-refractivity contribution in [3.8, 4) is 11.1 Å². The SMILES string of the molecule is CCc1ccc2c(c1)c(-c1ccc(Cl)cc1)c(C(=O)NCCc1cccs1)n2C. The third-order valence-electron chi connectivity index (χ3n) is 5.26. The number of aromatic nitrogens is 1. The van der Waals surface area contributed by atoms with E-state index in [0.717, 1.165) is 34.9 Å². The predicted molar refractivity (Wildman–Crippen MR) is 123 cm³/mol. The molecule has 4 rings (SSSR count). The van der Waals surface area contributed by atoms with E-state index in [1.54, 1.807) is 11.3 Å². The van der Waals surface area contributed by atoms with Crippen LogP contribution in [0.4, 0.5) is 0 Å². The Morgan fingerprint density at radius 2 is 1.93 bits per heavy atom. The fraction of sp³-hybridized carbons (Fsp3) is 0.208. The molecular weight excluding hydrogens is 400 g/mol. The van der Waals surface area contributed by atoms with Crippen LogP contribution in [0.15, 0.2) is 60.0 Å². The highest BCUT2D eigenvalue weighted by Crippen LogP contribution is 2.35. The number of rotatable bonds is 6. The zero-order valence-corrected chi connectivity index (χ0v) is 18.1. The molecule has 4 aromatic rings. The van der Waals surface area contributed by atoms with Crippen LogP contribution in [-0.4, -0.2) is 17.0 Å². The Morgan fingerprint density at radius 3 is 2.62 bits per heavy atom. The van der Waals surface area contributed by atoms with Gasteiger partial charge in [0.05, 0.1) is 0 Å². The highest BCUT2D eigenvalue weighted by molar-refractivity contribution is 7.09. The van der Waals surface area contributed by atoms with Crippen molar-refractivity contribution in [1.82, 2.24) is 9.88 Å². The number of amides is 1. The van der Waals surface area contributed by atoms with E-state index < -0.39 is 0 Å². The second-order valence-corrected chi connectivity index (χ2v) is 8.55. The number of halogens is 1. The van der Waals surface area contributed by atoms with Crippen LogP contribution in [0.5, 0.6) is 0 Å². The van der Waals surface area contributed by atoms with Crippen LogP contribution in [0.1, 0.15) is 27.9 Å². The van der Waals surface area contributed by atoms with Gasteiger partial charge in [0.25, 0.3) is 5.91 Å². The van der Waals surface area contributed by atoms with Gasteiger partial charge in [-0.15, -0.1) is 11.3 Å². The first kappa shape index (κ1) is 19.7. The van der Waals surface area contributed by atoms with Gasteiger partial charge in [0, 0.05) is 40.0 Å². The first-order valence-corrected chi connectivity index (χ1v) is 11.0. The second-order valence-electron chi connectivity index (χ2n) is 7.08.